The summed E-state index contributed by atoms with van der Waals surface area (Å²) < 4.78 is 5.91. The number of fused-ring (bicyclic) bond motifs is 1. The Hall–Kier alpha value is -1.96. The van der Waals surface area contributed by atoms with Crippen LogP contribution in [0.4, 0.5) is 0 Å². The van der Waals surface area contributed by atoms with Crippen molar-refractivity contribution in [2.45, 2.75) is 13.8 Å². The monoisotopic (exact) mass is 452 g/mol. The highest BCUT2D eigenvalue weighted by atomic mass is 79.9. The molecule has 0 aliphatic heterocycles. The maximum Gasteiger partial charge on any atom is 0.348 e. The number of thiophene rings is 1. The van der Waals surface area contributed by atoms with Crippen molar-refractivity contribution in [2.24, 2.45) is 0 Å². The standard InChI is InChI=1S/C18H14BrClN2O3S/c1-3-25-18(24)14-9(2)13-16(23)21-15(22-17(13)26-14)12(20)8-10-6-4-5-7-11(10)19/h4-8H,3H2,1-2H3,(H,21,22,23)/b12-8-. The lowest BCUT2D eigenvalue weighted by Crippen LogP contribution is -2.11. The van der Waals surface area contributed by atoms with Gasteiger partial charge in [0.1, 0.15) is 9.71 Å². The number of rotatable bonds is 4. The summed E-state index contributed by atoms with van der Waals surface area (Å²) >= 11 is 10.9. The van der Waals surface area contributed by atoms with Crippen LogP contribution >= 0.6 is 38.9 Å². The molecule has 8 heteroatoms. The Morgan fingerprint density at radius 3 is 2.85 bits per heavy atom. The van der Waals surface area contributed by atoms with Crippen LogP contribution in [0.1, 0.15) is 33.5 Å². The Bertz CT molecular complexity index is 1090. The number of benzene rings is 1. The number of hydrogen-bond donors (Lipinski definition) is 1. The molecule has 3 rings (SSSR count). The van der Waals surface area contributed by atoms with Crippen molar-refractivity contribution in [3.05, 3.63) is 60.9 Å². The van der Waals surface area contributed by atoms with Crippen molar-refractivity contribution in [1.29, 1.82) is 0 Å². The number of carbonyl (C=O) groups excluding carboxylic acids is 1. The average Bonchev–Trinajstić information content (AvgIpc) is 2.94. The number of nitrogens with zero attached hydrogens (tertiary/aromatic N) is 1. The summed E-state index contributed by atoms with van der Waals surface area (Å²) in [4.78, 5) is 32.5. The zero-order chi connectivity index (χ0) is 18.8. The summed E-state index contributed by atoms with van der Waals surface area (Å²) in [5.74, 6) is -0.208. The van der Waals surface area contributed by atoms with E-state index >= 15 is 0 Å². The fourth-order valence-corrected chi connectivity index (χ4v) is 4.13. The molecule has 0 aliphatic rings. The highest BCUT2D eigenvalue weighted by molar-refractivity contribution is 9.10. The third kappa shape index (κ3) is 3.60. The van der Waals surface area contributed by atoms with Gasteiger partial charge in [-0.3, -0.25) is 4.79 Å². The lowest BCUT2D eigenvalue weighted by molar-refractivity contribution is 0.0531. The number of nitrogens with one attached hydrogen (secondary N) is 1. The van der Waals surface area contributed by atoms with Crippen LogP contribution in [0.3, 0.4) is 0 Å². The van der Waals surface area contributed by atoms with E-state index in [2.05, 4.69) is 25.9 Å². The van der Waals surface area contributed by atoms with Crippen LogP contribution in [-0.4, -0.2) is 22.5 Å². The molecule has 2 heterocycles. The number of aromatic nitrogens is 2. The Morgan fingerprint density at radius 2 is 2.15 bits per heavy atom. The maximum atomic E-state index is 12.5. The summed E-state index contributed by atoms with van der Waals surface area (Å²) in [6.07, 6.45) is 1.71. The van der Waals surface area contributed by atoms with Crippen molar-refractivity contribution < 1.29 is 9.53 Å². The Morgan fingerprint density at radius 1 is 1.42 bits per heavy atom. The minimum absolute atomic E-state index is 0.247. The van der Waals surface area contributed by atoms with Gasteiger partial charge in [-0.15, -0.1) is 11.3 Å². The highest BCUT2D eigenvalue weighted by Gasteiger charge is 2.20. The second-order valence-electron chi connectivity index (χ2n) is 5.39. The van der Waals surface area contributed by atoms with E-state index in [-0.39, 0.29) is 18.0 Å². The van der Waals surface area contributed by atoms with Gasteiger partial charge in [0.2, 0.25) is 0 Å². The second-order valence-corrected chi connectivity index (χ2v) is 7.65. The summed E-state index contributed by atoms with van der Waals surface area (Å²) in [6.45, 7) is 3.71. The van der Waals surface area contributed by atoms with E-state index in [1.54, 1.807) is 19.9 Å². The number of aromatic amines is 1. The first-order chi connectivity index (χ1) is 12.4. The second kappa shape index (κ2) is 7.73. The van der Waals surface area contributed by atoms with E-state index in [1.165, 1.54) is 0 Å². The van der Waals surface area contributed by atoms with Gasteiger partial charge in [-0.2, -0.15) is 0 Å². The van der Waals surface area contributed by atoms with Gasteiger partial charge in [0, 0.05) is 4.47 Å². The fourth-order valence-electron chi connectivity index (χ4n) is 2.45. The van der Waals surface area contributed by atoms with Crippen molar-refractivity contribution in [3.8, 4) is 0 Å². The van der Waals surface area contributed by atoms with E-state index in [1.807, 2.05) is 24.3 Å². The lowest BCUT2D eigenvalue weighted by atomic mass is 10.2. The average molecular weight is 454 g/mol. The molecule has 0 radical (unpaired) electrons. The number of H-pyrrole nitrogens is 1. The van der Waals surface area contributed by atoms with E-state index in [9.17, 15) is 9.59 Å². The smallest absolute Gasteiger partial charge is 0.348 e. The van der Waals surface area contributed by atoms with Crippen molar-refractivity contribution in [3.63, 3.8) is 0 Å². The van der Waals surface area contributed by atoms with Crippen LogP contribution in [0.5, 0.6) is 0 Å². The number of aryl methyl sites for hydroxylation is 1. The number of ether oxygens (including phenoxy) is 1. The molecule has 0 amide bonds. The first-order valence-corrected chi connectivity index (χ1v) is 9.73. The van der Waals surface area contributed by atoms with Gasteiger partial charge in [0.05, 0.1) is 17.0 Å². The molecule has 0 spiro atoms. The molecule has 5 nitrogen and oxygen atoms in total. The zero-order valence-corrected chi connectivity index (χ0v) is 17.1. The quantitative estimate of drug-likeness (QED) is 0.566. The molecule has 0 bridgehead atoms. The highest BCUT2D eigenvalue weighted by Crippen LogP contribution is 2.30. The van der Waals surface area contributed by atoms with E-state index in [0.29, 0.717) is 25.7 Å². The van der Waals surface area contributed by atoms with Gasteiger partial charge in [0.15, 0.2) is 5.82 Å². The molecular weight excluding hydrogens is 440 g/mol. The van der Waals surface area contributed by atoms with Crippen LogP contribution in [0.15, 0.2) is 33.5 Å². The van der Waals surface area contributed by atoms with Gasteiger partial charge < -0.3 is 9.72 Å². The van der Waals surface area contributed by atoms with Crippen LogP contribution in [0.25, 0.3) is 21.3 Å². The molecule has 0 saturated carbocycles. The molecule has 3 aromatic rings. The van der Waals surface area contributed by atoms with Crippen LogP contribution in [0, 0.1) is 6.92 Å². The Labute approximate surface area is 166 Å². The molecule has 0 aliphatic carbocycles. The van der Waals surface area contributed by atoms with Crippen molar-refractivity contribution in [1.82, 2.24) is 9.97 Å². The summed E-state index contributed by atoms with van der Waals surface area (Å²) in [5, 5.41) is 0.673. The van der Waals surface area contributed by atoms with Gasteiger partial charge in [0.25, 0.3) is 5.56 Å². The predicted molar refractivity (Wildman–Crippen MR) is 109 cm³/mol. The van der Waals surface area contributed by atoms with Crippen LogP contribution in [0.2, 0.25) is 0 Å². The van der Waals surface area contributed by atoms with E-state index in [0.717, 1.165) is 21.4 Å². The molecule has 1 aromatic carbocycles. The van der Waals surface area contributed by atoms with Crippen molar-refractivity contribution >= 4 is 66.2 Å². The molecule has 0 fully saturated rings. The number of carbonyl (C=O) groups is 1. The molecule has 1 N–H and O–H groups in total. The summed E-state index contributed by atoms with van der Waals surface area (Å²) in [6, 6.07) is 7.56. The molecule has 134 valence electrons. The van der Waals surface area contributed by atoms with Crippen LogP contribution in [-0.2, 0) is 4.74 Å². The first-order valence-electron chi connectivity index (χ1n) is 7.75. The number of halogens is 2. The minimum atomic E-state index is -0.455. The van der Waals surface area contributed by atoms with E-state index < -0.39 is 5.97 Å². The third-order valence-corrected chi connectivity index (χ3v) is 5.85. The van der Waals surface area contributed by atoms with Crippen LogP contribution < -0.4 is 5.56 Å². The summed E-state index contributed by atoms with van der Waals surface area (Å²) in [5.41, 5.74) is 1.08. The van der Waals surface area contributed by atoms with Gasteiger partial charge in [-0.25, -0.2) is 9.78 Å². The van der Waals surface area contributed by atoms with Gasteiger partial charge in [-0.1, -0.05) is 45.7 Å². The SMILES string of the molecule is CCOC(=O)c1sc2nc(/C(Cl)=C/c3ccccc3Br)[nH]c(=O)c2c1C. The Kier molecular flexibility index (Phi) is 5.60. The first kappa shape index (κ1) is 18.8. The molecule has 0 unspecified atom stereocenters. The number of esters is 1. The van der Waals surface area contributed by atoms with Gasteiger partial charge in [-0.05, 0) is 37.1 Å². The summed E-state index contributed by atoms with van der Waals surface area (Å²) in [7, 11) is 0. The van der Waals surface area contributed by atoms with E-state index in [4.69, 9.17) is 16.3 Å². The number of hydrogen-bond acceptors (Lipinski definition) is 5. The molecule has 0 atom stereocenters. The zero-order valence-electron chi connectivity index (χ0n) is 13.9. The third-order valence-electron chi connectivity index (χ3n) is 3.68. The van der Waals surface area contributed by atoms with Gasteiger partial charge >= 0.3 is 5.97 Å². The molecule has 2 aromatic heterocycles. The largest absolute Gasteiger partial charge is 0.462 e. The topological polar surface area (TPSA) is 72.0 Å². The fraction of sp³-hybridized carbons (Fsp3) is 0.167. The normalized spacial score (nSPS) is 11.8. The minimum Gasteiger partial charge on any atom is -0.462 e. The predicted octanol–water partition coefficient (Wildman–Crippen LogP) is 4.97. The molecule has 26 heavy (non-hydrogen) atoms. The van der Waals surface area contributed by atoms with Crippen molar-refractivity contribution in [2.75, 3.05) is 6.61 Å². The maximum absolute atomic E-state index is 12.5. The molecular formula is C18H14BrClN2O3S. The lowest BCUT2D eigenvalue weighted by Gasteiger charge is -2.02. The Balaban J connectivity index is 2.10. The molecule has 0 saturated heterocycles.